The summed E-state index contributed by atoms with van der Waals surface area (Å²) in [7, 11) is 0. The Morgan fingerprint density at radius 1 is 1.25 bits per heavy atom. The highest BCUT2D eigenvalue weighted by Crippen LogP contribution is 2.34. The summed E-state index contributed by atoms with van der Waals surface area (Å²) in [5.41, 5.74) is 2.57. The molecule has 0 saturated carbocycles. The summed E-state index contributed by atoms with van der Waals surface area (Å²) in [4.78, 5) is 28.3. The van der Waals surface area contributed by atoms with Crippen LogP contribution in [0.2, 0.25) is 0 Å². The number of fused-ring (bicyclic) bond motifs is 2. The van der Waals surface area contributed by atoms with E-state index in [1.165, 1.54) is 16.9 Å². The molecule has 0 amide bonds. The third-order valence-electron chi connectivity index (χ3n) is 7.24. The van der Waals surface area contributed by atoms with Crippen molar-refractivity contribution < 1.29 is 4.11 Å². The zero-order chi connectivity index (χ0) is 28.1. The number of pyridine rings is 2. The van der Waals surface area contributed by atoms with Crippen LogP contribution in [0.25, 0.3) is 21.4 Å². The fourth-order valence-corrected chi connectivity index (χ4v) is 6.09. The fraction of sp³-hybridized carbons (Fsp3) is 0.500. The van der Waals surface area contributed by atoms with Gasteiger partial charge in [0.2, 0.25) is 0 Å². The number of rotatable bonds is 6. The van der Waals surface area contributed by atoms with Crippen molar-refractivity contribution in [3.8, 4) is 6.07 Å². The van der Waals surface area contributed by atoms with Gasteiger partial charge in [0.25, 0.3) is 5.56 Å². The highest BCUT2D eigenvalue weighted by molar-refractivity contribution is 7.18. The van der Waals surface area contributed by atoms with Crippen LogP contribution in [0.4, 0.5) is 5.69 Å². The zero-order valence-corrected chi connectivity index (χ0v) is 21.8. The molecule has 4 aromatic rings. The van der Waals surface area contributed by atoms with Crippen molar-refractivity contribution in [2.45, 2.75) is 65.2 Å². The first-order chi connectivity index (χ1) is 18.5. The second kappa shape index (κ2) is 9.64. The molecule has 9 nitrogen and oxygen atoms in total. The molecule has 0 aliphatic carbocycles. The monoisotopic (exact) mass is 507 g/mol. The summed E-state index contributed by atoms with van der Waals surface area (Å²) >= 11 is 1.60. The number of thiazole rings is 1. The van der Waals surface area contributed by atoms with E-state index in [2.05, 4.69) is 46.7 Å². The molecule has 0 spiro atoms. The van der Waals surface area contributed by atoms with Crippen LogP contribution in [0.1, 0.15) is 54.5 Å². The molecule has 0 bridgehead atoms. The van der Waals surface area contributed by atoms with E-state index < -0.39 is 12.5 Å². The lowest BCUT2D eigenvalue weighted by Crippen LogP contribution is -2.58. The van der Waals surface area contributed by atoms with Crippen LogP contribution in [-0.2, 0) is 13.5 Å². The van der Waals surface area contributed by atoms with E-state index in [1.807, 2.05) is 19.1 Å². The maximum Gasteiger partial charge on any atom is 0.252 e. The predicted molar refractivity (Wildman–Crippen MR) is 143 cm³/mol. The van der Waals surface area contributed by atoms with E-state index in [0.717, 1.165) is 45.0 Å². The second-order valence-corrected chi connectivity index (χ2v) is 10.5. The first-order valence-electron chi connectivity index (χ1n) is 13.8. The van der Waals surface area contributed by atoms with E-state index >= 15 is 0 Å². The van der Waals surface area contributed by atoms with Gasteiger partial charge in [0, 0.05) is 48.4 Å². The van der Waals surface area contributed by atoms with Gasteiger partial charge in [-0.15, -0.1) is 0 Å². The molecule has 10 heteroatoms. The molecule has 1 aliphatic rings. The molecule has 1 unspecified atom stereocenters. The number of nitriles is 1. The molecule has 0 aromatic carbocycles. The Balaban J connectivity index is 1.54. The summed E-state index contributed by atoms with van der Waals surface area (Å²) in [6, 6.07) is 7.86. The molecule has 5 rings (SSSR count). The molecule has 1 saturated heterocycles. The van der Waals surface area contributed by atoms with Crippen LogP contribution in [0.3, 0.4) is 0 Å². The van der Waals surface area contributed by atoms with E-state index in [1.54, 1.807) is 11.3 Å². The van der Waals surface area contributed by atoms with Gasteiger partial charge in [-0.3, -0.25) is 14.4 Å². The standard InChI is InChI=1S/C26H32N8OS/c1-6-18-14-34(22-12-24(35)31(5)23-15-32(11-10-27)30-25(22)23)19(7-2)13-33(18)16(3)20-8-9-21-26(29-20)36-17(4)28-21/h8-9,12,15-16,18-19H,6-7,11,13-14H2,1-5H3/t16?,18-,19+/m1/s1/i5D3. The molecule has 4 aromatic heterocycles. The lowest BCUT2D eigenvalue weighted by atomic mass is 9.98. The number of hydrogen-bond donors (Lipinski definition) is 0. The largest absolute Gasteiger partial charge is 0.364 e. The van der Waals surface area contributed by atoms with Gasteiger partial charge < -0.3 is 9.47 Å². The van der Waals surface area contributed by atoms with Crippen LogP contribution >= 0.6 is 11.3 Å². The average molecular weight is 508 g/mol. The highest BCUT2D eigenvalue weighted by Gasteiger charge is 2.36. The van der Waals surface area contributed by atoms with Crippen molar-refractivity contribution in [2.75, 3.05) is 18.0 Å². The molecular weight excluding hydrogens is 472 g/mol. The molecular formula is C26H32N8OS. The number of hydrogen-bond acceptors (Lipinski definition) is 8. The van der Waals surface area contributed by atoms with Gasteiger partial charge in [0.1, 0.15) is 22.4 Å². The first-order valence-corrected chi connectivity index (χ1v) is 13.1. The van der Waals surface area contributed by atoms with Crippen molar-refractivity contribution in [3.05, 3.63) is 45.5 Å². The maximum atomic E-state index is 13.2. The first kappa shape index (κ1) is 20.9. The summed E-state index contributed by atoms with van der Waals surface area (Å²) in [5.74, 6) is 0. The molecule has 0 radical (unpaired) electrons. The normalized spacial score (nSPS) is 21.3. The summed E-state index contributed by atoms with van der Waals surface area (Å²) in [6.45, 7) is 7.15. The predicted octanol–water partition coefficient (Wildman–Crippen LogP) is 4.01. The van der Waals surface area contributed by atoms with Gasteiger partial charge in [-0.1, -0.05) is 25.2 Å². The Kier molecular flexibility index (Phi) is 5.58. The fourth-order valence-electron chi connectivity index (χ4n) is 5.29. The number of piperazine rings is 1. The molecule has 1 aliphatic heterocycles. The quantitative estimate of drug-likeness (QED) is 0.389. The van der Waals surface area contributed by atoms with Gasteiger partial charge in [-0.2, -0.15) is 10.4 Å². The van der Waals surface area contributed by atoms with Crippen LogP contribution < -0.4 is 10.5 Å². The van der Waals surface area contributed by atoms with Gasteiger partial charge in [0.15, 0.2) is 0 Å². The molecule has 0 N–H and O–H groups in total. The second-order valence-electron chi connectivity index (χ2n) is 9.36. The summed E-state index contributed by atoms with van der Waals surface area (Å²) < 4.78 is 26.0. The minimum atomic E-state index is -2.66. The number of aromatic nitrogens is 5. The van der Waals surface area contributed by atoms with E-state index in [4.69, 9.17) is 9.10 Å². The van der Waals surface area contributed by atoms with Crippen LogP contribution in [-0.4, -0.2) is 54.4 Å². The van der Waals surface area contributed by atoms with Crippen molar-refractivity contribution >= 4 is 38.4 Å². The maximum absolute atomic E-state index is 13.2. The number of nitrogens with zero attached hydrogens (tertiary/aromatic N) is 8. The molecule has 36 heavy (non-hydrogen) atoms. The Morgan fingerprint density at radius 2 is 2.06 bits per heavy atom. The average Bonchev–Trinajstić information content (AvgIpc) is 3.47. The Hall–Kier alpha value is -3.29. The van der Waals surface area contributed by atoms with E-state index in [9.17, 15) is 10.1 Å². The van der Waals surface area contributed by atoms with Gasteiger partial charge in [-0.25, -0.2) is 9.97 Å². The number of aryl methyl sites for hydroxylation is 2. The smallest absolute Gasteiger partial charge is 0.252 e. The Bertz CT molecular complexity index is 1620. The Labute approximate surface area is 218 Å². The molecule has 1 fully saturated rings. The topological polar surface area (TPSA) is 95.9 Å². The molecule has 3 atom stereocenters. The van der Waals surface area contributed by atoms with Crippen LogP contribution in [0, 0.1) is 18.3 Å². The Morgan fingerprint density at radius 3 is 2.78 bits per heavy atom. The minimum absolute atomic E-state index is 0.0416. The van der Waals surface area contributed by atoms with Gasteiger partial charge >= 0.3 is 0 Å². The van der Waals surface area contributed by atoms with Gasteiger partial charge in [0.05, 0.1) is 34.2 Å². The SMILES string of the molecule is [2H]C([2H])([2H])n1c(=O)cc(N2C[C@@H](CC)N(C(C)c3ccc4nc(C)sc4n3)C[C@@H]2CC)c2nn(CC#N)cc21. The third kappa shape index (κ3) is 4.16. The minimum Gasteiger partial charge on any atom is -0.364 e. The van der Waals surface area contributed by atoms with Crippen molar-refractivity contribution in [2.24, 2.45) is 6.98 Å². The van der Waals surface area contributed by atoms with Crippen molar-refractivity contribution in [3.63, 3.8) is 0 Å². The summed E-state index contributed by atoms with van der Waals surface area (Å²) in [6.07, 6.45) is 3.19. The lowest BCUT2D eigenvalue weighted by molar-refractivity contribution is 0.0993. The summed E-state index contributed by atoms with van der Waals surface area (Å²) in [5, 5.41) is 14.8. The zero-order valence-electron chi connectivity index (χ0n) is 24.0. The van der Waals surface area contributed by atoms with Crippen molar-refractivity contribution in [1.29, 1.82) is 5.26 Å². The van der Waals surface area contributed by atoms with Crippen molar-refractivity contribution in [1.82, 2.24) is 29.2 Å². The van der Waals surface area contributed by atoms with E-state index in [0.29, 0.717) is 17.7 Å². The van der Waals surface area contributed by atoms with Crippen LogP contribution in [0.5, 0.6) is 0 Å². The third-order valence-corrected chi connectivity index (χ3v) is 8.12. The lowest BCUT2D eigenvalue weighted by Gasteiger charge is -2.49. The number of anilines is 1. The highest BCUT2D eigenvalue weighted by atomic mass is 32.1. The molecule has 5 heterocycles. The molecule has 188 valence electrons. The van der Waals surface area contributed by atoms with Gasteiger partial charge in [-0.05, 0) is 38.8 Å². The van der Waals surface area contributed by atoms with E-state index in [-0.39, 0.29) is 30.2 Å². The van der Waals surface area contributed by atoms with Crippen LogP contribution in [0.15, 0.2) is 29.2 Å².